The first-order valence-electron chi connectivity index (χ1n) is 4.40. The highest BCUT2D eigenvalue weighted by Crippen LogP contribution is 2.04. The molecule has 5 nitrogen and oxygen atoms in total. The standard InChI is InChI=1S/C8H12BrN3O2S/c1-14-5-4-12(3-2-9)8(13)7-6-15-11-10-7/h6H,2-5H2,1H3. The molecule has 0 aliphatic heterocycles. The van der Waals surface area contributed by atoms with Gasteiger partial charge in [-0.1, -0.05) is 20.4 Å². The minimum atomic E-state index is -0.0970. The summed E-state index contributed by atoms with van der Waals surface area (Å²) in [6.45, 7) is 1.73. The summed E-state index contributed by atoms with van der Waals surface area (Å²) in [6, 6.07) is 0. The molecule has 0 N–H and O–H groups in total. The molecule has 84 valence electrons. The van der Waals surface area contributed by atoms with Gasteiger partial charge in [-0.3, -0.25) is 4.79 Å². The molecule has 0 unspecified atom stereocenters. The highest BCUT2D eigenvalue weighted by atomic mass is 79.9. The van der Waals surface area contributed by atoms with Crippen molar-refractivity contribution in [3.8, 4) is 0 Å². The number of rotatable bonds is 6. The van der Waals surface area contributed by atoms with Crippen molar-refractivity contribution >= 4 is 33.4 Å². The Balaban J connectivity index is 2.58. The van der Waals surface area contributed by atoms with Crippen molar-refractivity contribution in [2.75, 3.05) is 32.1 Å². The molecule has 0 aliphatic rings. The fourth-order valence-corrected chi connectivity index (χ4v) is 1.90. The summed E-state index contributed by atoms with van der Waals surface area (Å²) in [5.41, 5.74) is 0.400. The molecule has 7 heteroatoms. The van der Waals surface area contributed by atoms with E-state index in [4.69, 9.17) is 4.74 Å². The highest BCUT2D eigenvalue weighted by Gasteiger charge is 2.16. The molecule has 0 aromatic carbocycles. The first-order valence-corrected chi connectivity index (χ1v) is 6.36. The second-order valence-corrected chi connectivity index (χ2v) is 4.17. The maximum atomic E-state index is 11.9. The van der Waals surface area contributed by atoms with Crippen molar-refractivity contribution in [2.45, 2.75) is 0 Å². The van der Waals surface area contributed by atoms with E-state index < -0.39 is 0 Å². The van der Waals surface area contributed by atoms with Crippen LogP contribution in [0.5, 0.6) is 0 Å². The van der Waals surface area contributed by atoms with Gasteiger partial charge in [0, 0.05) is 30.9 Å². The van der Waals surface area contributed by atoms with E-state index in [0.29, 0.717) is 25.4 Å². The van der Waals surface area contributed by atoms with E-state index in [1.807, 2.05) is 0 Å². The van der Waals surface area contributed by atoms with Crippen LogP contribution in [-0.4, -0.2) is 52.5 Å². The number of halogens is 1. The van der Waals surface area contributed by atoms with E-state index in [1.165, 1.54) is 11.5 Å². The molecular weight excluding hydrogens is 282 g/mol. The second kappa shape index (κ2) is 6.86. The van der Waals surface area contributed by atoms with Crippen LogP contribution in [0.15, 0.2) is 5.38 Å². The fourth-order valence-electron chi connectivity index (χ4n) is 1.04. The third kappa shape index (κ3) is 3.84. The number of alkyl halides is 1. The van der Waals surface area contributed by atoms with E-state index in [9.17, 15) is 4.79 Å². The summed E-state index contributed by atoms with van der Waals surface area (Å²) in [7, 11) is 1.61. The van der Waals surface area contributed by atoms with Gasteiger partial charge in [0.15, 0.2) is 5.69 Å². The molecular formula is C8H12BrN3O2S. The fraction of sp³-hybridized carbons (Fsp3) is 0.625. The number of hydrogen-bond acceptors (Lipinski definition) is 5. The molecule has 0 atom stereocenters. The van der Waals surface area contributed by atoms with Gasteiger partial charge in [0.2, 0.25) is 0 Å². The van der Waals surface area contributed by atoms with Gasteiger partial charge in [0.25, 0.3) is 5.91 Å². The summed E-state index contributed by atoms with van der Waals surface area (Å²) in [4.78, 5) is 13.5. The average Bonchev–Trinajstić information content (AvgIpc) is 2.76. The van der Waals surface area contributed by atoms with Gasteiger partial charge < -0.3 is 9.64 Å². The van der Waals surface area contributed by atoms with Crippen molar-refractivity contribution in [3.05, 3.63) is 11.1 Å². The molecule has 15 heavy (non-hydrogen) atoms. The molecule has 1 aromatic rings. The summed E-state index contributed by atoms with van der Waals surface area (Å²) in [6.07, 6.45) is 0. The smallest absolute Gasteiger partial charge is 0.275 e. The highest BCUT2D eigenvalue weighted by molar-refractivity contribution is 9.09. The van der Waals surface area contributed by atoms with Crippen molar-refractivity contribution < 1.29 is 9.53 Å². The van der Waals surface area contributed by atoms with Crippen LogP contribution in [0.2, 0.25) is 0 Å². The number of carbonyl (C=O) groups is 1. The quantitative estimate of drug-likeness (QED) is 0.735. The zero-order valence-electron chi connectivity index (χ0n) is 8.35. The maximum absolute atomic E-state index is 11.9. The summed E-state index contributed by atoms with van der Waals surface area (Å²) >= 11 is 4.48. The first kappa shape index (κ1) is 12.5. The molecule has 1 aromatic heterocycles. The topological polar surface area (TPSA) is 55.3 Å². The third-order valence-corrected chi connectivity index (χ3v) is 2.65. The third-order valence-electron chi connectivity index (χ3n) is 1.79. The Morgan fingerprint density at radius 3 is 3.00 bits per heavy atom. The van der Waals surface area contributed by atoms with E-state index in [2.05, 4.69) is 25.5 Å². The zero-order valence-corrected chi connectivity index (χ0v) is 10.8. The predicted molar refractivity (Wildman–Crippen MR) is 61.5 cm³/mol. The van der Waals surface area contributed by atoms with Gasteiger partial charge >= 0.3 is 0 Å². The maximum Gasteiger partial charge on any atom is 0.275 e. The van der Waals surface area contributed by atoms with Crippen LogP contribution in [0.3, 0.4) is 0 Å². The minimum Gasteiger partial charge on any atom is -0.383 e. The minimum absolute atomic E-state index is 0.0970. The number of ether oxygens (including phenoxy) is 1. The van der Waals surface area contributed by atoms with Crippen LogP contribution in [0.25, 0.3) is 0 Å². The predicted octanol–water partition coefficient (Wildman–Crippen LogP) is 1.02. The number of aromatic nitrogens is 2. The molecule has 1 rings (SSSR count). The Morgan fingerprint density at radius 1 is 1.67 bits per heavy atom. The van der Waals surface area contributed by atoms with Crippen LogP contribution >= 0.6 is 27.5 Å². The molecule has 0 saturated heterocycles. The van der Waals surface area contributed by atoms with E-state index in [1.54, 1.807) is 17.4 Å². The largest absolute Gasteiger partial charge is 0.383 e. The van der Waals surface area contributed by atoms with Crippen LogP contribution in [-0.2, 0) is 4.74 Å². The number of carbonyl (C=O) groups excluding carboxylic acids is 1. The lowest BCUT2D eigenvalue weighted by atomic mass is 10.4. The molecule has 0 radical (unpaired) electrons. The van der Waals surface area contributed by atoms with Crippen LogP contribution in [0.1, 0.15) is 10.5 Å². The van der Waals surface area contributed by atoms with Gasteiger partial charge in [-0.2, -0.15) is 0 Å². The van der Waals surface area contributed by atoms with E-state index >= 15 is 0 Å². The van der Waals surface area contributed by atoms with Crippen LogP contribution in [0, 0.1) is 0 Å². The lowest BCUT2D eigenvalue weighted by Gasteiger charge is -2.19. The Morgan fingerprint density at radius 2 is 2.47 bits per heavy atom. The van der Waals surface area contributed by atoms with Crippen LogP contribution < -0.4 is 0 Å². The van der Waals surface area contributed by atoms with Crippen molar-refractivity contribution in [1.82, 2.24) is 14.5 Å². The average molecular weight is 294 g/mol. The monoisotopic (exact) mass is 293 g/mol. The van der Waals surface area contributed by atoms with E-state index in [-0.39, 0.29) is 5.91 Å². The Kier molecular flexibility index (Phi) is 5.74. The van der Waals surface area contributed by atoms with Crippen LogP contribution in [0.4, 0.5) is 0 Å². The molecule has 0 fully saturated rings. The van der Waals surface area contributed by atoms with Gasteiger partial charge in [-0.05, 0) is 11.5 Å². The number of nitrogens with zero attached hydrogens (tertiary/aromatic N) is 3. The summed E-state index contributed by atoms with van der Waals surface area (Å²) in [5, 5.41) is 6.13. The van der Waals surface area contributed by atoms with Gasteiger partial charge in [0.1, 0.15) is 0 Å². The Labute approximate surface area is 101 Å². The van der Waals surface area contributed by atoms with Gasteiger partial charge in [-0.25, -0.2) is 0 Å². The summed E-state index contributed by atoms with van der Waals surface area (Å²) < 4.78 is 8.61. The molecule has 0 bridgehead atoms. The Hall–Kier alpha value is -0.530. The lowest BCUT2D eigenvalue weighted by Crippen LogP contribution is -2.35. The number of amides is 1. The molecule has 1 heterocycles. The lowest BCUT2D eigenvalue weighted by molar-refractivity contribution is 0.0703. The number of methoxy groups -OCH3 is 1. The van der Waals surface area contributed by atoms with Crippen molar-refractivity contribution in [3.63, 3.8) is 0 Å². The van der Waals surface area contributed by atoms with Gasteiger partial charge in [0.05, 0.1) is 6.61 Å². The normalized spacial score (nSPS) is 10.3. The zero-order chi connectivity index (χ0) is 11.1. The van der Waals surface area contributed by atoms with Crippen molar-refractivity contribution in [1.29, 1.82) is 0 Å². The first-order chi connectivity index (χ1) is 7.29. The Bertz CT molecular complexity index is 294. The second-order valence-electron chi connectivity index (χ2n) is 2.76. The van der Waals surface area contributed by atoms with Crippen molar-refractivity contribution in [2.24, 2.45) is 0 Å². The van der Waals surface area contributed by atoms with Gasteiger partial charge in [-0.15, -0.1) is 5.10 Å². The molecule has 0 saturated carbocycles. The summed E-state index contributed by atoms with van der Waals surface area (Å²) in [5.74, 6) is -0.0970. The molecule has 0 aliphatic carbocycles. The molecule has 0 spiro atoms. The molecule has 1 amide bonds. The van der Waals surface area contributed by atoms with E-state index in [0.717, 1.165) is 5.33 Å². The number of hydrogen-bond donors (Lipinski definition) is 0. The SMILES string of the molecule is COCCN(CCBr)C(=O)c1csnn1.